The van der Waals surface area contributed by atoms with Crippen molar-refractivity contribution in [2.45, 2.75) is 5.60 Å². The summed E-state index contributed by atoms with van der Waals surface area (Å²) in [4.78, 5) is 4.38. The molecule has 0 heterocycles. The normalized spacial score (nSPS) is 11.2. The zero-order valence-corrected chi connectivity index (χ0v) is 21.6. The lowest BCUT2D eigenvalue weighted by Crippen LogP contribution is -2.31. The van der Waals surface area contributed by atoms with Gasteiger partial charge in [-0.05, 0) is 65.2 Å². The number of para-hydroxylation sites is 2. The molecule has 0 radical (unpaired) electrons. The average molecular weight is 485 g/mol. The largest absolute Gasteiger partial charge is 0.364 e. The van der Waals surface area contributed by atoms with E-state index in [1.165, 1.54) is 0 Å². The molecule has 5 rings (SSSR count). The quantitative estimate of drug-likeness (QED) is 0.207. The van der Waals surface area contributed by atoms with Crippen LogP contribution in [0.2, 0.25) is 0 Å². The van der Waals surface area contributed by atoms with Gasteiger partial charge in [0.1, 0.15) is 5.60 Å². The molecule has 0 aliphatic carbocycles. The van der Waals surface area contributed by atoms with Crippen molar-refractivity contribution in [1.82, 2.24) is 0 Å². The van der Waals surface area contributed by atoms with Crippen molar-refractivity contribution in [2.75, 3.05) is 31.0 Å². The number of hydrogen-bond donors (Lipinski definition) is 0. The molecule has 3 nitrogen and oxygen atoms in total. The summed E-state index contributed by atoms with van der Waals surface area (Å²) in [5, 5.41) is 0. The second-order valence-corrected chi connectivity index (χ2v) is 9.13. The number of ether oxygens (including phenoxy) is 1. The van der Waals surface area contributed by atoms with Gasteiger partial charge in [0.25, 0.3) is 0 Å². The summed E-state index contributed by atoms with van der Waals surface area (Å²) in [6.07, 6.45) is 0. The Labute approximate surface area is 220 Å². The molecule has 0 atom stereocenters. The van der Waals surface area contributed by atoms with Crippen LogP contribution < -0.4 is 9.80 Å². The van der Waals surface area contributed by atoms with Crippen LogP contribution in [0.1, 0.15) is 16.7 Å². The fourth-order valence-electron chi connectivity index (χ4n) is 4.97. The maximum atomic E-state index is 6.44. The van der Waals surface area contributed by atoms with Gasteiger partial charge in [0.2, 0.25) is 0 Å². The molecule has 0 saturated heterocycles. The van der Waals surface area contributed by atoms with Crippen LogP contribution in [0.4, 0.5) is 22.7 Å². The summed E-state index contributed by atoms with van der Waals surface area (Å²) in [5.74, 6) is 0. The van der Waals surface area contributed by atoms with Gasteiger partial charge < -0.3 is 14.5 Å². The molecule has 0 amide bonds. The first-order chi connectivity index (χ1) is 18.1. The van der Waals surface area contributed by atoms with Crippen LogP contribution in [0.15, 0.2) is 140 Å². The van der Waals surface area contributed by atoms with Crippen molar-refractivity contribution in [2.24, 2.45) is 0 Å². The van der Waals surface area contributed by atoms with Gasteiger partial charge in [0.05, 0.1) is 0 Å². The van der Waals surface area contributed by atoms with Crippen molar-refractivity contribution < 1.29 is 4.74 Å². The van der Waals surface area contributed by atoms with Gasteiger partial charge in [-0.3, -0.25) is 0 Å². The Morgan fingerprint density at radius 2 is 0.703 bits per heavy atom. The molecule has 184 valence electrons. The number of benzene rings is 5. The fraction of sp³-hybridized carbons (Fsp3) is 0.118. The molecular weight excluding hydrogens is 452 g/mol. The first-order valence-corrected chi connectivity index (χ1v) is 12.5. The molecule has 0 fully saturated rings. The lowest BCUT2D eigenvalue weighted by Gasteiger charge is -2.35. The Bertz CT molecular complexity index is 1310. The number of methoxy groups -OCH3 is 1. The molecule has 5 aromatic carbocycles. The second-order valence-electron chi connectivity index (χ2n) is 9.13. The van der Waals surface area contributed by atoms with Crippen molar-refractivity contribution >= 4 is 22.7 Å². The Hall–Kier alpha value is -4.34. The van der Waals surface area contributed by atoms with Crippen molar-refractivity contribution in [1.29, 1.82) is 0 Å². The Balaban J connectivity index is 1.55. The average Bonchev–Trinajstić information content (AvgIpc) is 2.99. The van der Waals surface area contributed by atoms with Crippen molar-refractivity contribution in [3.05, 3.63) is 156 Å². The monoisotopic (exact) mass is 484 g/mol. The van der Waals surface area contributed by atoms with Crippen LogP contribution >= 0.6 is 0 Å². The van der Waals surface area contributed by atoms with E-state index in [0.29, 0.717) is 0 Å². The number of rotatable bonds is 8. The van der Waals surface area contributed by atoms with Gasteiger partial charge >= 0.3 is 0 Å². The third kappa shape index (κ3) is 4.74. The molecule has 37 heavy (non-hydrogen) atoms. The highest BCUT2D eigenvalue weighted by Crippen LogP contribution is 2.41. The molecule has 0 aliphatic heterocycles. The molecule has 0 bridgehead atoms. The molecule has 0 aliphatic rings. The minimum absolute atomic E-state index is 0.741. The SMILES string of the molecule is COC(c1ccccc1)(c1ccc(N(C)c2ccccc2)cc1)c1ccc(N(C)c2ccccc2)cc1. The van der Waals surface area contributed by atoms with Gasteiger partial charge in [0, 0.05) is 44.0 Å². The van der Waals surface area contributed by atoms with Gasteiger partial charge in [-0.1, -0.05) is 91.0 Å². The van der Waals surface area contributed by atoms with Crippen LogP contribution in [0.5, 0.6) is 0 Å². The number of anilines is 4. The van der Waals surface area contributed by atoms with Crippen LogP contribution in [0, 0.1) is 0 Å². The molecule has 0 spiro atoms. The van der Waals surface area contributed by atoms with E-state index in [1.54, 1.807) is 7.11 Å². The van der Waals surface area contributed by atoms with Gasteiger partial charge in [0.15, 0.2) is 0 Å². The van der Waals surface area contributed by atoms with E-state index in [0.717, 1.165) is 39.4 Å². The highest BCUT2D eigenvalue weighted by molar-refractivity contribution is 5.65. The molecule has 0 saturated carbocycles. The second kappa shape index (κ2) is 10.7. The summed E-state index contributed by atoms with van der Waals surface area (Å²) in [6, 6.07) is 48.6. The van der Waals surface area contributed by atoms with Gasteiger partial charge in [-0.2, -0.15) is 0 Å². The van der Waals surface area contributed by atoms with E-state index in [9.17, 15) is 0 Å². The minimum Gasteiger partial charge on any atom is -0.364 e. The van der Waals surface area contributed by atoms with Crippen LogP contribution in [0.25, 0.3) is 0 Å². The van der Waals surface area contributed by atoms with E-state index >= 15 is 0 Å². The van der Waals surface area contributed by atoms with Gasteiger partial charge in [-0.25, -0.2) is 0 Å². The molecule has 5 aromatic rings. The summed E-state index contributed by atoms with van der Waals surface area (Å²) in [6.45, 7) is 0. The highest BCUT2D eigenvalue weighted by Gasteiger charge is 2.36. The smallest absolute Gasteiger partial charge is 0.143 e. The lowest BCUT2D eigenvalue weighted by molar-refractivity contribution is 0.0585. The minimum atomic E-state index is -0.741. The van der Waals surface area contributed by atoms with E-state index in [4.69, 9.17) is 4.74 Å². The molecule has 0 aromatic heterocycles. The maximum absolute atomic E-state index is 6.44. The summed E-state index contributed by atoms with van der Waals surface area (Å²) in [7, 11) is 5.97. The van der Waals surface area contributed by atoms with Crippen LogP contribution in [-0.4, -0.2) is 21.2 Å². The molecular formula is C34H32N2O. The first kappa shape index (κ1) is 24.4. The summed E-state index contributed by atoms with van der Waals surface area (Å²) in [5.41, 5.74) is 7.04. The lowest BCUT2D eigenvalue weighted by atomic mass is 9.80. The molecule has 0 unspecified atom stereocenters. The third-order valence-corrected chi connectivity index (χ3v) is 7.10. The number of nitrogens with zero attached hydrogens (tertiary/aromatic N) is 2. The summed E-state index contributed by atoms with van der Waals surface area (Å²) < 4.78 is 6.44. The Kier molecular flexibility index (Phi) is 7.07. The predicted octanol–water partition coefficient (Wildman–Crippen LogP) is 8.16. The first-order valence-electron chi connectivity index (χ1n) is 12.5. The Morgan fingerprint density at radius 1 is 0.405 bits per heavy atom. The van der Waals surface area contributed by atoms with E-state index < -0.39 is 5.60 Å². The maximum Gasteiger partial charge on any atom is 0.143 e. The van der Waals surface area contributed by atoms with Crippen molar-refractivity contribution in [3.63, 3.8) is 0 Å². The predicted molar refractivity (Wildman–Crippen MR) is 155 cm³/mol. The standard InChI is InChI=1S/C34H32N2O/c1-35(30-15-9-5-10-16-30)32-23-19-28(20-24-32)34(37-3,27-13-7-4-8-14-27)29-21-25-33(26-22-29)36(2)31-17-11-6-12-18-31/h4-26H,1-3H3. The summed E-state index contributed by atoms with van der Waals surface area (Å²) >= 11 is 0. The highest BCUT2D eigenvalue weighted by atomic mass is 16.5. The fourth-order valence-corrected chi connectivity index (χ4v) is 4.97. The van der Waals surface area contributed by atoms with E-state index in [1.807, 2.05) is 18.2 Å². The van der Waals surface area contributed by atoms with Gasteiger partial charge in [-0.15, -0.1) is 0 Å². The third-order valence-electron chi connectivity index (χ3n) is 7.10. The van der Waals surface area contributed by atoms with E-state index in [-0.39, 0.29) is 0 Å². The molecule has 0 N–H and O–H groups in total. The zero-order chi connectivity index (χ0) is 25.7. The van der Waals surface area contributed by atoms with Crippen molar-refractivity contribution in [3.8, 4) is 0 Å². The zero-order valence-electron chi connectivity index (χ0n) is 21.6. The molecule has 3 heteroatoms. The number of hydrogen-bond acceptors (Lipinski definition) is 3. The van der Waals surface area contributed by atoms with Crippen LogP contribution in [0.3, 0.4) is 0 Å². The topological polar surface area (TPSA) is 15.7 Å². The van der Waals surface area contributed by atoms with Crippen LogP contribution in [-0.2, 0) is 10.3 Å². The Morgan fingerprint density at radius 3 is 1.05 bits per heavy atom. The van der Waals surface area contributed by atoms with E-state index in [2.05, 4.69) is 145 Å².